The molecule has 3 aromatic rings. The summed E-state index contributed by atoms with van der Waals surface area (Å²) in [4.78, 5) is 30.2. The average molecular weight is 472 g/mol. The molecule has 1 fully saturated rings. The van der Waals surface area contributed by atoms with Crippen LogP contribution >= 0.6 is 23.6 Å². The van der Waals surface area contributed by atoms with E-state index in [9.17, 15) is 18.4 Å². The molecule has 2 heterocycles. The molecule has 1 saturated heterocycles. The van der Waals surface area contributed by atoms with Gasteiger partial charge >= 0.3 is 0 Å². The van der Waals surface area contributed by atoms with E-state index in [2.05, 4.69) is 5.32 Å². The van der Waals surface area contributed by atoms with Gasteiger partial charge in [-0.3, -0.25) is 14.5 Å². The number of benzene rings is 2. The van der Waals surface area contributed by atoms with Crippen molar-refractivity contribution in [3.63, 3.8) is 0 Å². The molecular weight excluding hydrogens is 452 g/mol. The van der Waals surface area contributed by atoms with Crippen LogP contribution in [0.15, 0.2) is 66.0 Å². The monoisotopic (exact) mass is 471 g/mol. The van der Waals surface area contributed by atoms with Crippen molar-refractivity contribution in [3.05, 3.63) is 82.6 Å². The molecule has 4 rings (SSSR count). The maximum Gasteiger partial charge on any atom is 0.256 e. The fourth-order valence-electron chi connectivity index (χ4n) is 3.52. The van der Waals surface area contributed by atoms with Crippen LogP contribution in [0.2, 0.25) is 0 Å². The van der Waals surface area contributed by atoms with Gasteiger partial charge in [0.05, 0.1) is 12.1 Å². The van der Waals surface area contributed by atoms with Crippen LogP contribution in [0, 0.1) is 11.6 Å². The van der Waals surface area contributed by atoms with Crippen molar-refractivity contribution in [2.75, 3.05) is 16.8 Å². The molecule has 2 amide bonds. The minimum Gasteiger partial charge on any atom is -0.336 e. The van der Waals surface area contributed by atoms with Gasteiger partial charge in [-0.2, -0.15) is 0 Å². The zero-order valence-electron chi connectivity index (χ0n) is 16.8. The normalized spacial score (nSPS) is 16.0. The van der Waals surface area contributed by atoms with Crippen LogP contribution < -0.4 is 10.2 Å². The van der Waals surface area contributed by atoms with Crippen molar-refractivity contribution < 1.29 is 18.4 Å². The number of carbonyl (C=O) groups excluding carboxylic acids is 2. The third kappa shape index (κ3) is 4.84. The number of carbonyl (C=O) groups is 2. The molecule has 0 bridgehead atoms. The van der Waals surface area contributed by atoms with Gasteiger partial charge in [0.1, 0.15) is 17.7 Å². The Bertz CT molecular complexity index is 1120. The molecule has 1 N–H and O–H groups in total. The highest BCUT2D eigenvalue weighted by Gasteiger charge is 2.43. The van der Waals surface area contributed by atoms with Crippen LogP contribution in [0.3, 0.4) is 0 Å². The van der Waals surface area contributed by atoms with Gasteiger partial charge < -0.3 is 10.2 Å². The van der Waals surface area contributed by atoms with E-state index in [0.717, 1.165) is 4.88 Å². The summed E-state index contributed by atoms with van der Waals surface area (Å²) in [5.74, 6) is -1.56. The van der Waals surface area contributed by atoms with Crippen molar-refractivity contribution in [1.29, 1.82) is 0 Å². The summed E-state index contributed by atoms with van der Waals surface area (Å²) >= 11 is 7.19. The van der Waals surface area contributed by atoms with Crippen molar-refractivity contribution in [2.45, 2.75) is 18.9 Å². The number of anilines is 2. The topological polar surface area (TPSA) is 52.7 Å². The van der Waals surface area contributed by atoms with Crippen LogP contribution in [0.5, 0.6) is 0 Å². The number of rotatable bonds is 7. The van der Waals surface area contributed by atoms with Gasteiger partial charge in [0.25, 0.3) is 5.91 Å². The molecule has 1 aliphatic heterocycles. The highest BCUT2D eigenvalue weighted by Crippen LogP contribution is 2.28. The van der Waals surface area contributed by atoms with E-state index < -0.39 is 17.7 Å². The Morgan fingerprint density at radius 1 is 1.03 bits per heavy atom. The number of thiophene rings is 1. The summed E-state index contributed by atoms with van der Waals surface area (Å²) < 4.78 is 26.5. The van der Waals surface area contributed by atoms with E-state index in [4.69, 9.17) is 12.2 Å². The quantitative estimate of drug-likeness (QED) is 0.512. The van der Waals surface area contributed by atoms with E-state index in [1.807, 2.05) is 17.5 Å². The van der Waals surface area contributed by atoms with Crippen LogP contribution in [-0.4, -0.2) is 34.4 Å². The van der Waals surface area contributed by atoms with Gasteiger partial charge in [0.15, 0.2) is 5.11 Å². The van der Waals surface area contributed by atoms with E-state index in [0.29, 0.717) is 24.3 Å². The van der Waals surface area contributed by atoms with Gasteiger partial charge in [0, 0.05) is 17.1 Å². The molecule has 0 spiro atoms. The van der Waals surface area contributed by atoms with Gasteiger partial charge in [-0.15, -0.1) is 11.3 Å². The first-order valence-corrected chi connectivity index (χ1v) is 11.2. The third-order valence-electron chi connectivity index (χ3n) is 5.09. The molecule has 164 valence electrons. The summed E-state index contributed by atoms with van der Waals surface area (Å²) in [5.41, 5.74) is 0.883. The standard InChI is InChI=1S/C23H19F2N3O2S2/c24-15-3-7-17(8-4-15)26-21(29)14-20-22(30)28(18-9-5-16(25)6-10-18)23(31)27(20)12-11-19-2-1-13-32-19/h1-10,13,20H,11-12,14H2,(H,26,29)/t20-/m1/s1. The lowest BCUT2D eigenvalue weighted by Gasteiger charge is -2.23. The SMILES string of the molecule is O=C(C[C@@H]1C(=O)N(c2ccc(F)cc2)C(=S)N1CCc1cccs1)Nc1ccc(F)cc1. The molecule has 0 saturated carbocycles. The lowest BCUT2D eigenvalue weighted by molar-refractivity contribution is -0.124. The molecule has 1 atom stereocenters. The minimum atomic E-state index is -0.798. The fraction of sp³-hybridized carbons (Fsp3) is 0.174. The van der Waals surface area contributed by atoms with Crippen LogP contribution in [0.4, 0.5) is 20.2 Å². The van der Waals surface area contributed by atoms with E-state index >= 15 is 0 Å². The molecule has 2 aromatic carbocycles. The Hall–Kier alpha value is -3.17. The Kier molecular flexibility index (Phi) is 6.57. The Morgan fingerprint density at radius 3 is 2.31 bits per heavy atom. The molecule has 5 nitrogen and oxygen atoms in total. The van der Waals surface area contributed by atoms with Crippen LogP contribution in [0.1, 0.15) is 11.3 Å². The number of thiocarbonyl (C=S) groups is 1. The number of amides is 2. The maximum atomic E-state index is 13.4. The molecule has 9 heteroatoms. The molecule has 32 heavy (non-hydrogen) atoms. The molecule has 0 aliphatic carbocycles. The summed E-state index contributed by atoms with van der Waals surface area (Å²) in [6.45, 7) is 0.456. The van der Waals surface area contributed by atoms with Crippen molar-refractivity contribution >= 4 is 51.9 Å². The predicted octanol–water partition coefficient (Wildman–Crippen LogP) is 4.60. The maximum absolute atomic E-state index is 13.4. The second kappa shape index (κ2) is 9.54. The first-order chi connectivity index (χ1) is 15.4. The number of hydrogen-bond acceptors (Lipinski definition) is 4. The van der Waals surface area contributed by atoms with Gasteiger partial charge in [-0.1, -0.05) is 6.07 Å². The molecule has 0 radical (unpaired) electrons. The lowest BCUT2D eigenvalue weighted by atomic mass is 10.1. The first kappa shape index (κ1) is 22.0. The number of nitrogens with zero attached hydrogens (tertiary/aromatic N) is 2. The summed E-state index contributed by atoms with van der Waals surface area (Å²) in [6, 6.07) is 14.0. The Balaban J connectivity index is 1.54. The highest BCUT2D eigenvalue weighted by atomic mass is 32.1. The number of halogens is 2. The zero-order valence-corrected chi connectivity index (χ0v) is 18.5. The average Bonchev–Trinajstić information content (AvgIpc) is 3.36. The Morgan fingerprint density at radius 2 is 1.69 bits per heavy atom. The predicted molar refractivity (Wildman–Crippen MR) is 125 cm³/mol. The van der Waals surface area contributed by atoms with Crippen LogP contribution in [-0.2, 0) is 16.0 Å². The summed E-state index contributed by atoms with van der Waals surface area (Å²) in [5, 5.41) is 4.94. The van der Waals surface area contributed by atoms with Gasteiger partial charge in [-0.05, 0) is 78.6 Å². The summed E-state index contributed by atoms with van der Waals surface area (Å²) in [7, 11) is 0. The van der Waals surface area contributed by atoms with E-state index in [-0.39, 0.29) is 23.3 Å². The zero-order chi connectivity index (χ0) is 22.7. The van der Waals surface area contributed by atoms with Crippen molar-refractivity contribution in [2.24, 2.45) is 0 Å². The van der Waals surface area contributed by atoms with Crippen molar-refractivity contribution in [3.8, 4) is 0 Å². The fourth-order valence-corrected chi connectivity index (χ4v) is 4.63. The highest BCUT2D eigenvalue weighted by molar-refractivity contribution is 7.80. The van der Waals surface area contributed by atoms with E-state index in [1.54, 1.807) is 16.2 Å². The molecule has 1 aliphatic rings. The van der Waals surface area contributed by atoms with Crippen molar-refractivity contribution in [1.82, 2.24) is 4.90 Å². The van der Waals surface area contributed by atoms with Crippen LogP contribution in [0.25, 0.3) is 0 Å². The van der Waals surface area contributed by atoms with Gasteiger partial charge in [-0.25, -0.2) is 8.78 Å². The molecular formula is C23H19F2N3O2S2. The Labute approximate surface area is 193 Å². The number of hydrogen-bond donors (Lipinski definition) is 1. The molecule has 1 aromatic heterocycles. The van der Waals surface area contributed by atoms with E-state index in [1.165, 1.54) is 53.4 Å². The summed E-state index contributed by atoms with van der Waals surface area (Å²) in [6.07, 6.45) is 0.539. The first-order valence-electron chi connectivity index (χ1n) is 9.90. The second-order valence-corrected chi connectivity index (χ2v) is 8.63. The molecule has 0 unspecified atom stereocenters. The third-order valence-corrected chi connectivity index (χ3v) is 6.44. The number of nitrogens with one attached hydrogen (secondary N) is 1. The smallest absolute Gasteiger partial charge is 0.256 e. The second-order valence-electron chi connectivity index (χ2n) is 7.23. The minimum absolute atomic E-state index is 0.127. The largest absolute Gasteiger partial charge is 0.336 e. The lowest BCUT2D eigenvalue weighted by Crippen LogP contribution is -2.39. The van der Waals surface area contributed by atoms with Gasteiger partial charge in [0.2, 0.25) is 5.91 Å².